The molecule has 1 amide bonds. The molecule has 0 saturated carbocycles. The lowest BCUT2D eigenvalue weighted by Gasteiger charge is -2.36. The van der Waals surface area contributed by atoms with Gasteiger partial charge in [-0.25, -0.2) is 4.79 Å². The summed E-state index contributed by atoms with van der Waals surface area (Å²) in [6.45, 7) is 10.1. The van der Waals surface area contributed by atoms with E-state index in [1.165, 1.54) is 9.13 Å². The van der Waals surface area contributed by atoms with Crippen LogP contribution in [0.2, 0.25) is 0 Å². The Morgan fingerprint density at radius 1 is 1.00 bits per heavy atom. The van der Waals surface area contributed by atoms with Gasteiger partial charge in [0, 0.05) is 32.7 Å². The number of hydrogen-bond donors (Lipinski definition) is 0. The predicted molar refractivity (Wildman–Crippen MR) is 106 cm³/mol. The molecule has 0 aliphatic carbocycles. The minimum Gasteiger partial charge on any atom is -0.338 e. The molecular formula is C20H28N4O3. The fourth-order valence-electron chi connectivity index (χ4n) is 3.87. The lowest BCUT2D eigenvalue weighted by Crippen LogP contribution is -2.52. The second-order valence-electron chi connectivity index (χ2n) is 6.90. The summed E-state index contributed by atoms with van der Waals surface area (Å²) in [4.78, 5) is 43.1. The summed E-state index contributed by atoms with van der Waals surface area (Å²) in [5.41, 5.74) is -0.175. The van der Waals surface area contributed by atoms with Crippen LogP contribution in [0.15, 0.2) is 33.9 Å². The van der Waals surface area contributed by atoms with Crippen molar-refractivity contribution in [3.8, 4) is 0 Å². The largest absolute Gasteiger partial charge is 0.338 e. The van der Waals surface area contributed by atoms with E-state index in [0.717, 1.165) is 19.6 Å². The number of piperazine rings is 1. The molecule has 1 saturated heterocycles. The van der Waals surface area contributed by atoms with Crippen LogP contribution in [0.5, 0.6) is 0 Å². The minimum absolute atomic E-state index is 0.0400. The molecule has 146 valence electrons. The topological polar surface area (TPSA) is 67.6 Å². The molecule has 1 aliphatic heterocycles. The molecule has 27 heavy (non-hydrogen) atoms. The van der Waals surface area contributed by atoms with Crippen LogP contribution in [0.3, 0.4) is 0 Å². The molecule has 7 nitrogen and oxygen atoms in total. The number of rotatable bonds is 5. The van der Waals surface area contributed by atoms with Gasteiger partial charge in [0.05, 0.1) is 10.9 Å². The molecule has 1 unspecified atom stereocenters. The van der Waals surface area contributed by atoms with Gasteiger partial charge in [0.2, 0.25) is 5.91 Å². The van der Waals surface area contributed by atoms with Crippen LogP contribution >= 0.6 is 0 Å². The monoisotopic (exact) mass is 372 g/mol. The first-order valence-electron chi connectivity index (χ1n) is 9.78. The normalized spacial score (nSPS) is 16.6. The number of likely N-dealkylation sites (N-methyl/N-ethyl adjacent to an activating group) is 1. The fourth-order valence-corrected chi connectivity index (χ4v) is 3.87. The van der Waals surface area contributed by atoms with E-state index in [1.54, 1.807) is 31.2 Å². The number of fused-ring (bicyclic) bond motifs is 1. The number of carbonyl (C=O) groups excluding carboxylic acids is 1. The van der Waals surface area contributed by atoms with Gasteiger partial charge in [0.1, 0.15) is 6.04 Å². The summed E-state index contributed by atoms with van der Waals surface area (Å²) >= 11 is 0. The number of amides is 1. The van der Waals surface area contributed by atoms with Gasteiger partial charge in [0.15, 0.2) is 0 Å². The maximum Gasteiger partial charge on any atom is 0.332 e. The highest BCUT2D eigenvalue weighted by Gasteiger charge is 2.29. The molecule has 1 fully saturated rings. The third kappa shape index (κ3) is 3.43. The average Bonchev–Trinajstić information content (AvgIpc) is 2.71. The Morgan fingerprint density at radius 3 is 2.26 bits per heavy atom. The summed E-state index contributed by atoms with van der Waals surface area (Å²) in [7, 11) is 0. The third-order valence-electron chi connectivity index (χ3n) is 5.51. The number of hydrogen-bond acceptors (Lipinski definition) is 4. The highest BCUT2D eigenvalue weighted by molar-refractivity contribution is 5.84. The molecule has 1 aliphatic rings. The van der Waals surface area contributed by atoms with E-state index in [9.17, 15) is 14.4 Å². The molecule has 2 heterocycles. The van der Waals surface area contributed by atoms with Crippen molar-refractivity contribution >= 4 is 16.8 Å². The predicted octanol–water partition coefficient (Wildman–Crippen LogP) is 1.30. The fraction of sp³-hybridized carbons (Fsp3) is 0.550. The van der Waals surface area contributed by atoms with Gasteiger partial charge in [0.25, 0.3) is 5.56 Å². The number of para-hydroxylation sites is 1. The van der Waals surface area contributed by atoms with Crippen LogP contribution in [0.1, 0.15) is 33.2 Å². The van der Waals surface area contributed by atoms with Gasteiger partial charge in [-0.3, -0.25) is 18.7 Å². The van der Waals surface area contributed by atoms with E-state index in [2.05, 4.69) is 11.8 Å². The first-order valence-corrected chi connectivity index (χ1v) is 9.78. The first-order chi connectivity index (χ1) is 13.0. The third-order valence-corrected chi connectivity index (χ3v) is 5.51. The Labute approximate surface area is 158 Å². The highest BCUT2D eigenvalue weighted by atomic mass is 16.2. The van der Waals surface area contributed by atoms with Crippen molar-refractivity contribution in [2.75, 3.05) is 32.7 Å². The van der Waals surface area contributed by atoms with Gasteiger partial charge in [-0.1, -0.05) is 26.0 Å². The Bertz CT molecular complexity index is 938. The molecule has 1 aromatic carbocycles. The maximum atomic E-state index is 13.3. The summed E-state index contributed by atoms with van der Waals surface area (Å²) in [5.74, 6) is -0.0400. The van der Waals surface area contributed by atoms with Gasteiger partial charge in [-0.15, -0.1) is 0 Å². The zero-order valence-corrected chi connectivity index (χ0v) is 16.4. The average molecular weight is 372 g/mol. The summed E-state index contributed by atoms with van der Waals surface area (Å²) in [6, 6.07) is 6.45. The van der Waals surface area contributed by atoms with E-state index in [0.29, 0.717) is 30.4 Å². The van der Waals surface area contributed by atoms with Gasteiger partial charge in [-0.05, 0) is 32.0 Å². The zero-order valence-electron chi connectivity index (χ0n) is 16.4. The van der Waals surface area contributed by atoms with Crippen molar-refractivity contribution in [2.45, 2.75) is 39.8 Å². The molecule has 0 bridgehead atoms. The van der Waals surface area contributed by atoms with Crippen LogP contribution in [0.4, 0.5) is 0 Å². The van der Waals surface area contributed by atoms with Crippen LogP contribution in [-0.4, -0.2) is 57.6 Å². The Hall–Kier alpha value is -2.41. The summed E-state index contributed by atoms with van der Waals surface area (Å²) in [5, 5.41) is 0.473. The standard InChI is InChI=1S/C20H28N4O3/c1-4-16(19(26)22-13-11-21(5-2)12-14-22)24-17-10-8-7-9-15(17)18(25)23(6-3)20(24)27/h7-10,16H,4-6,11-14H2,1-3H3. The van der Waals surface area contributed by atoms with Crippen molar-refractivity contribution < 1.29 is 4.79 Å². The van der Waals surface area contributed by atoms with Crippen LogP contribution < -0.4 is 11.2 Å². The van der Waals surface area contributed by atoms with E-state index >= 15 is 0 Å². The molecule has 3 rings (SSSR count). The van der Waals surface area contributed by atoms with E-state index in [4.69, 9.17) is 0 Å². The second-order valence-corrected chi connectivity index (χ2v) is 6.90. The minimum atomic E-state index is -0.603. The lowest BCUT2D eigenvalue weighted by molar-refractivity contribution is -0.136. The van der Waals surface area contributed by atoms with Crippen molar-refractivity contribution in [3.05, 3.63) is 45.1 Å². The van der Waals surface area contributed by atoms with Crippen molar-refractivity contribution in [2.24, 2.45) is 0 Å². The quantitative estimate of drug-likeness (QED) is 0.793. The molecular weight excluding hydrogens is 344 g/mol. The van der Waals surface area contributed by atoms with Gasteiger partial charge < -0.3 is 9.80 Å². The molecule has 0 N–H and O–H groups in total. The van der Waals surface area contributed by atoms with E-state index in [-0.39, 0.29) is 18.0 Å². The Kier molecular flexibility index (Phi) is 5.79. The molecule has 1 atom stereocenters. The maximum absolute atomic E-state index is 13.3. The molecule has 2 aromatic rings. The molecule has 0 radical (unpaired) electrons. The molecule has 1 aromatic heterocycles. The summed E-state index contributed by atoms with van der Waals surface area (Å²) in [6.07, 6.45) is 0.499. The van der Waals surface area contributed by atoms with Gasteiger partial charge in [-0.2, -0.15) is 0 Å². The van der Waals surface area contributed by atoms with E-state index < -0.39 is 11.7 Å². The second kappa shape index (κ2) is 8.08. The summed E-state index contributed by atoms with van der Waals surface area (Å²) < 4.78 is 2.74. The zero-order chi connectivity index (χ0) is 19.6. The Morgan fingerprint density at radius 2 is 1.67 bits per heavy atom. The van der Waals surface area contributed by atoms with Crippen molar-refractivity contribution in [3.63, 3.8) is 0 Å². The number of benzene rings is 1. The van der Waals surface area contributed by atoms with Gasteiger partial charge >= 0.3 is 5.69 Å². The lowest BCUT2D eigenvalue weighted by atomic mass is 10.1. The number of carbonyl (C=O) groups is 1. The van der Waals surface area contributed by atoms with Crippen LogP contribution in [0.25, 0.3) is 10.9 Å². The van der Waals surface area contributed by atoms with Crippen LogP contribution in [-0.2, 0) is 11.3 Å². The van der Waals surface area contributed by atoms with E-state index in [1.807, 2.05) is 11.8 Å². The van der Waals surface area contributed by atoms with Crippen molar-refractivity contribution in [1.29, 1.82) is 0 Å². The molecule has 0 spiro atoms. The smallest absolute Gasteiger partial charge is 0.332 e. The molecule has 7 heteroatoms. The highest BCUT2D eigenvalue weighted by Crippen LogP contribution is 2.19. The van der Waals surface area contributed by atoms with Crippen LogP contribution in [0, 0.1) is 0 Å². The number of nitrogens with zero attached hydrogens (tertiary/aromatic N) is 4. The Balaban J connectivity index is 2.08. The van der Waals surface area contributed by atoms with Crippen molar-refractivity contribution in [1.82, 2.24) is 18.9 Å². The number of aromatic nitrogens is 2. The SMILES string of the molecule is CCC(C(=O)N1CCN(CC)CC1)n1c(=O)n(CC)c(=O)c2ccccc21. The first kappa shape index (κ1) is 19.4.